The lowest BCUT2D eigenvalue weighted by Gasteiger charge is -2.46. The fraction of sp³-hybridized carbons (Fsp3) is 0.733. The number of nitrogens with one attached hydrogen (secondary N) is 1. The van der Waals surface area contributed by atoms with Crippen LogP contribution in [0.25, 0.3) is 0 Å². The van der Waals surface area contributed by atoms with Gasteiger partial charge in [0.05, 0.1) is 19.3 Å². The van der Waals surface area contributed by atoms with Crippen LogP contribution in [0.15, 0.2) is 11.4 Å². The molecule has 2 heterocycles. The van der Waals surface area contributed by atoms with E-state index in [9.17, 15) is 0 Å². The third kappa shape index (κ3) is 3.19. The molecule has 1 aliphatic rings. The Morgan fingerprint density at radius 2 is 2.11 bits per heavy atom. The van der Waals surface area contributed by atoms with Crippen molar-refractivity contribution in [2.45, 2.75) is 39.3 Å². The summed E-state index contributed by atoms with van der Waals surface area (Å²) in [4.78, 5) is 3.98. The fourth-order valence-electron chi connectivity index (χ4n) is 2.96. The number of aryl methyl sites for hydroxylation is 1. The van der Waals surface area contributed by atoms with Crippen LogP contribution in [-0.2, 0) is 4.74 Å². The van der Waals surface area contributed by atoms with E-state index in [1.54, 1.807) is 0 Å². The SMILES string of the molecule is CCNC(c1ccsc1C)C(C)(C)N1CCOCC1. The first-order chi connectivity index (χ1) is 9.07. The maximum atomic E-state index is 5.49. The first-order valence-corrected chi connectivity index (χ1v) is 8.05. The summed E-state index contributed by atoms with van der Waals surface area (Å²) in [6, 6.07) is 2.65. The Bertz CT molecular complexity index is 397. The zero-order valence-corrected chi connectivity index (χ0v) is 13.3. The van der Waals surface area contributed by atoms with Gasteiger partial charge in [0.15, 0.2) is 0 Å². The molecule has 1 fully saturated rings. The molecular formula is C15H26N2OS. The zero-order valence-electron chi connectivity index (χ0n) is 12.5. The number of ether oxygens (including phenoxy) is 1. The maximum absolute atomic E-state index is 5.49. The van der Waals surface area contributed by atoms with Crippen LogP contribution in [-0.4, -0.2) is 43.3 Å². The molecular weight excluding hydrogens is 256 g/mol. The number of hydrogen-bond acceptors (Lipinski definition) is 4. The van der Waals surface area contributed by atoms with Crippen molar-refractivity contribution in [2.24, 2.45) is 0 Å². The fourth-order valence-corrected chi connectivity index (χ4v) is 3.70. The van der Waals surface area contributed by atoms with Gasteiger partial charge in [0, 0.05) is 23.5 Å². The normalized spacial score (nSPS) is 19.6. The molecule has 0 amide bonds. The van der Waals surface area contributed by atoms with E-state index in [4.69, 9.17) is 4.74 Å². The lowest BCUT2D eigenvalue weighted by Crippen LogP contribution is -2.56. The minimum atomic E-state index is 0.103. The number of morpholine rings is 1. The molecule has 1 atom stereocenters. The van der Waals surface area contributed by atoms with E-state index >= 15 is 0 Å². The molecule has 0 aliphatic carbocycles. The highest BCUT2D eigenvalue weighted by Crippen LogP contribution is 2.35. The van der Waals surface area contributed by atoms with Crippen molar-refractivity contribution in [3.8, 4) is 0 Å². The Labute approximate surface area is 121 Å². The van der Waals surface area contributed by atoms with Crippen molar-refractivity contribution in [3.63, 3.8) is 0 Å². The highest BCUT2D eigenvalue weighted by atomic mass is 32.1. The number of likely N-dealkylation sites (N-methyl/N-ethyl adjacent to an activating group) is 1. The van der Waals surface area contributed by atoms with E-state index in [2.05, 4.69) is 49.4 Å². The van der Waals surface area contributed by atoms with Gasteiger partial charge in [-0.15, -0.1) is 11.3 Å². The lowest BCUT2D eigenvalue weighted by atomic mass is 9.86. The maximum Gasteiger partial charge on any atom is 0.0594 e. The predicted octanol–water partition coefficient (Wildman–Crippen LogP) is 2.82. The third-order valence-electron chi connectivity index (χ3n) is 4.15. The van der Waals surface area contributed by atoms with Crippen molar-refractivity contribution in [1.29, 1.82) is 0 Å². The number of nitrogens with zero attached hydrogens (tertiary/aromatic N) is 1. The second-order valence-electron chi connectivity index (χ2n) is 5.68. The molecule has 1 unspecified atom stereocenters. The van der Waals surface area contributed by atoms with Crippen LogP contribution in [0, 0.1) is 6.92 Å². The van der Waals surface area contributed by atoms with Crippen molar-refractivity contribution >= 4 is 11.3 Å². The molecule has 108 valence electrons. The topological polar surface area (TPSA) is 24.5 Å². The first kappa shape index (κ1) is 15.0. The second-order valence-corrected chi connectivity index (χ2v) is 6.80. The van der Waals surface area contributed by atoms with Crippen LogP contribution >= 0.6 is 11.3 Å². The van der Waals surface area contributed by atoms with E-state index in [0.29, 0.717) is 6.04 Å². The summed E-state index contributed by atoms with van der Waals surface area (Å²) >= 11 is 1.84. The monoisotopic (exact) mass is 282 g/mol. The highest BCUT2D eigenvalue weighted by molar-refractivity contribution is 7.10. The van der Waals surface area contributed by atoms with Gasteiger partial charge in [-0.2, -0.15) is 0 Å². The summed E-state index contributed by atoms with van der Waals surface area (Å²) in [5, 5.41) is 5.89. The Morgan fingerprint density at radius 1 is 1.42 bits per heavy atom. The number of thiophene rings is 1. The minimum Gasteiger partial charge on any atom is -0.379 e. The summed E-state index contributed by atoms with van der Waals surface area (Å²) in [5.74, 6) is 0. The molecule has 0 radical (unpaired) electrons. The molecule has 1 N–H and O–H groups in total. The summed E-state index contributed by atoms with van der Waals surface area (Å²) in [6.07, 6.45) is 0. The van der Waals surface area contributed by atoms with Gasteiger partial charge < -0.3 is 10.1 Å². The molecule has 0 aromatic carbocycles. The summed E-state index contributed by atoms with van der Waals surface area (Å²) < 4.78 is 5.49. The van der Waals surface area contributed by atoms with E-state index in [1.807, 2.05) is 11.3 Å². The molecule has 19 heavy (non-hydrogen) atoms. The van der Waals surface area contributed by atoms with Gasteiger partial charge in [-0.05, 0) is 44.3 Å². The van der Waals surface area contributed by atoms with E-state index in [0.717, 1.165) is 32.8 Å². The van der Waals surface area contributed by atoms with E-state index in [-0.39, 0.29) is 5.54 Å². The van der Waals surface area contributed by atoms with Gasteiger partial charge in [0.1, 0.15) is 0 Å². The summed E-state index contributed by atoms with van der Waals surface area (Å²) in [5.41, 5.74) is 1.55. The van der Waals surface area contributed by atoms with E-state index in [1.165, 1.54) is 10.4 Å². The van der Waals surface area contributed by atoms with Crippen molar-refractivity contribution < 1.29 is 4.74 Å². The van der Waals surface area contributed by atoms with Crippen LogP contribution in [0.5, 0.6) is 0 Å². The van der Waals surface area contributed by atoms with Crippen molar-refractivity contribution in [1.82, 2.24) is 10.2 Å². The van der Waals surface area contributed by atoms with Crippen molar-refractivity contribution in [3.05, 3.63) is 21.9 Å². The summed E-state index contributed by atoms with van der Waals surface area (Å²) in [7, 11) is 0. The van der Waals surface area contributed by atoms with Crippen molar-refractivity contribution in [2.75, 3.05) is 32.8 Å². The summed E-state index contributed by atoms with van der Waals surface area (Å²) in [6.45, 7) is 13.9. The largest absolute Gasteiger partial charge is 0.379 e. The van der Waals surface area contributed by atoms with Crippen LogP contribution in [0.4, 0.5) is 0 Å². The Kier molecular flexibility index (Phi) is 5.01. The third-order valence-corrected chi connectivity index (χ3v) is 5.01. The van der Waals surface area contributed by atoms with Gasteiger partial charge in [-0.25, -0.2) is 0 Å². The minimum absolute atomic E-state index is 0.103. The standard InChI is InChI=1S/C15H26N2OS/c1-5-16-14(13-6-11-19-12(13)2)15(3,4)17-7-9-18-10-8-17/h6,11,14,16H,5,7-10H2,1-4H3. The van der Waals surface area contributed by atoms with Gasteiger partial charge in [0.25, 0.3) is 0 Å². The Morgan fingerprint density at radius 3 is 2.63 bits per heavy atom. The van der Waals surface area contributed by atoms with Gasteiger partial charge >= 0.3 is 0 Å². The van der Waals surface area contributed by atoms with Crippen LogP contribution < -0.4 is 5.32 Å². The Hall–Kier alpha value is -0.420. The van der Waals surface area contributed by atoms with Gasteiger partial charge in [-0.1, -0.05) is 6.92 Å². The predicted molar refractivity (Wildman–Crippen MR) is 81.9 cm³/mol. The number of rotatable bonds is 5. The molecule has 4 heteroatoms. The molecule has 1 saturated heterocycles. The smallest absolute Gasteiger partial charge is 0.0594 e. The molecule has 3 nitrogen and oxygen atoms in total. The van der Waals surface area contributed by atoms with Gasteiger partial charge in [0.2, 0.25) is 0 Å². The average molecular weight is 282 g/mol. The second kappa shape index (κ2) is 6.35. The van der Waals surface area contributed by atoms with Crippen LogP contribution in [0.2, 0.25) is 0 Å². The van der Waals surface area contributed by atoms with Crippen LogP contribution in [0.3, 0.4) is 0 Å². The zero-order chi connectivity index (χ0) is 13.9. The first-order valence-electron chi connectivity index (χ1n) is 7.17. The van der Waals surface area contributed by atoms with Crippen LogP contribution in [0.1, 0.15) is 37.3 Å². The molecule has 1 aromatic rings. The molecule has 1 aliphatic heterocycles. The lowest BCUT2D eigenvalue weighted by molar-refractivity contribution is -0.0236. The Balaban J connectivity index is 2.24. The molecule has 0 saturated carbocycles. The average Bonchev–Trinajstić information content (AvgIpc) is 2.83. The molecule has 0 bridgehead atoms. The highest BCUT2D eigenvalue weighted by Gasteiger charge is 2.37. The number of hydrogen-bond donors (Lipinski definition) is 1. The molecule has 0 spiro atoms. The molecule has 1 aromatic heterocycles. The quantitative estimate of drug-likeness (QED) is 0.899. The van der Waals surface area contributed by atoms with Gasteiger partial charge in [-0.3, -0.25) is 4.90 Å². The van der Waals surface area contributed by atoms with E-state index < -0.39 is 0 Å². The molecule has 2 rings (SSSR count).